The molecule has 1 amide bonds. The van der Waals surface area contributed by atoms with Crippen molar-refractivity contribution in [2.24, 2.45) is 0 Å². The number of rotatable bonds is 4. The van der Waals surface area contributed by atoms with Crippen LogP contribution in [0.1, 0.15) is 16.1 Å². The van der Waals surface area contributed by atoms with E-state index in [0.29, 0.717) is 16.5 Å². The average molecular weight is 357 g/mol. The summed E-state index contributed by atoms with van der Waals surface area (Å²) in [6.07, 6.45) is 0. The molecule has 1 heterocycles. The second kappa shape index (κ2) is 7.27. The molecule has 0 spiro atoms. The summed E-state index contributed by atoms with van der Waals surface area (Å²) in [6, 6.07) is 14.1. The fraction of sp³-hybridized carbons (Fsp3) is 0.0556. The van der Waals surface area contributed by atoms with Crippen LogP contribution < -0.4 is 10.6 Å². The van der Waals surface area contributed by atoms with E-state index in [4.69, 9.17) is 11.6 Å². The molecule has 0 aliphatic heterocycles. The molecule has 7 heteroatoms. The lowest BCUT2D eigenvalue weighted by molar-refractivity contribution is 0.102. The van der Waals surface area contributed by atoms with Crippen molar-refractivity contribution in [3.63, 3.8) is 0 Å². The van der Waals surface area contributed by atoms with Crippen molar-refractivity contribution in [1.82, 2.24) is 10.2 Å². The number of halogens is 2. The molecule has 25 heavy (non-hydrogen) atoms. The Morgan fingerprint density at radius 1 is 1.04 bits per heavy atom. The summed E-state index contributed by atoms with van der Waals surface area (Å²) in [4.78, 5) is 12.1. The highest BCUT2D eigenvalue weighted by Gasteiger charge is 2.09. The van der Waals surface area contributed by atoms with E-state index in [1.807, 2.05) is 19.1 Å². The van der Waals surface area contributed by atoms with Gasteiger partial charge in [0.1, 0.15) is 5.82 Å². The zero-order valence-corrected chi connectivity index (χ0v) is 14.0. The third-order valence-corrected chi connectivity index (χ3v) is 3.69. The number of nitrogens with one attached hydrogen (secondary N) is 2. The highest BCUT2D eigenvalue weighted by Crippen LogP contribution is 2.22. The van der Waals surface area contributed by atoms with Crippen LogP contribution >= 0.6 is 11.6 Å². The minimum atomic E-state index is -0.423. The number of carbonyl (C=O) groups is 1. The molecule has 0 aliphatic rings. The van der Waals surface area contributed by atoms with Crippen LogP contribution in [-0.2, 0) is 0 Å². The molecular weight excluding hydrogens is 343 g/mol. The third kappa shape index (κ3) is 4.30. The number of benzene rings is 2. The van der Waals surface area contributed by atoms with Crippen LogP contribution in [0.3, 0.4) is 0 Å². The SMILES string of the molecule is Cc1cc(Cl)ccc1Nc1ccc(C(=O)Nc2ccc(F)cc2)nn1. The summed E-state index contributed by atoms with van der Waals surface area (Å²) in [5.41, 5.74) is 2.45. The minimum Gasteiger partial charge on any atom is -0.339 e. The molecule has 2 N–H and O–H groups in total. The molecule has 2 aromatic carbocycles. The van der Waals surface area contributed by atoms with Crippen molar-refractivity contribution >= 4 is 34.7 Å². The van der Waals surface area contributed by atoms with Gasteiger partial charge in [-0.2, -0.15) is 0 Å². The van der Waals surface area contributed by atoms with Gasteiger partial charge < -0.3 is 10.6 Å². The number of aryl methyl sites for hydroxylation is 1. The fourth-order valence-electron chi connectivity index (χ4n) is 2.15. The average Bonchev–Trinajstić information content (AvgIpc) is 2.60. The van der Waals surface area contributed by atoms with Gasteiger partial charge in [0.05, 0.1) is 0 Å². The van der Waals surface area contributed by atoms with Gasteiger partial charge in [0.15, 0.2) is 11.5 Å². The molecule has 0 saturated carbocycles. The van der Waals surface area contributed by atoms with Crippen molar-refractivity contribution < 1.29 is 9.18 Å². The maximum Gasteiger partial charge on any atom is 0.276 e. The summed E-state index contributed by atoms with van der Waals surface area (Å²) < 4.78 is 12.9. The number of hydrogen-bond donors (Lipinski definition) is 2. The van der Waals surface area contributed by atoms with Gasteiger partial charge in [-0.3, -0.25) is 4.79 Å². The topological polar surface area (TPSA) is 66.9 Å². The summed E-state index contributed by atoms with van der Waals surface area (Å²) in [5, 5.41) is 14.3. The van der Waals surface area contributed by atoms with Crippen LogP contribution in [0.4, 0.5) is 21.6 Å². The van der Waals surface area contributed by atoms with Gasteiger partial charge >= 0.3 is 0 Å². The van der Waals surface area contributed by atoms with Crippen molar-refractivity contribution in [2.75, 3.05) is 10.6 Å². The Kier molecular flexibility index (Phi) is 4.90. The zero-order valence-electron chi connectivity index (χ0n) is 13.3. The first-order valence-corrected chi connectivity index (χ1v) is 7.83. The summed E-state index contributed by atoms with van der Waals surface area (Å²) in [7, 11) is 0. The van der Waals surface area contributed by atoms with E-state index in [9.17, 15) is 9.18 Å². The van der Waals surface area contributed by atoms with Gasteiger partial charge in [-0.15, -0.1) is 10.2 Å². The maximum atomic E-state index is 12.9. The molecule has 0 fully saturated rings. The van der Waals surface area contributed by atoms with Crippen molar-refractivity contribution in [1.29, 1.82) is 0 Å². The lowest BCUT2D eigenvalue weighted by atomic mass is 10.2. The maximum absolute atomic E-state index is 12.9. The first kappa shape index (κ1) is 16.9. The molecule has 0 bridgehead atoms. The van der Waals surface area contributed by atoms with Gasteiger partial charge in [-0.25, -0.2) is 4.39 Å². The smallest absolute Gasteiger partial charge is 0.276 e. The van der Waals surface area contributed by atoms with Crippen LogP contribution in [0.5, 0.6) is 0 Å². The van der Waals surface area contributed by atoms with Crippen molar-refractivity contribution in [2.45, 2.75) is 6.92 Å². The number of nitrogens with zero attached hydrogens (tertiary/aromatic N) is 2. The van der Waals surface area contributed by atoms with E-state index in [2.05, 4.69) is 20.8 Å². The third-order valence-electron chi connectivity index (χ3n) is 3.45. The molecule has 5 nitrogen and oxygen atoms in total. The normalized spacial score (nSPS) is 10.4. The lowest BCUT2D eigenvalue weighted by Crippen LogP contribution is -2.14. The highest BCUT2D eigenvalue weighted by atomic mass is 35.5. The standard InChI is InChI=1S/C18H14ClFN4O/c1-11-10-12(19)2-7-15(11)22-17-9-8-16(23-24-17)18(25)21-14-5-3-13(20)4-6-14/h2-10H,1H3,(H,21,25)(H,22,24). The predicted molar refractivity (Wildman–Crippen MR) is 95.9 cm³/mol. The Balaban J connectivity index is 1.69. The molecule has 0 saturated heterocycles. The number of hydrogen-bond acceptors (Lipinski definition) is 4. The molecular formula is C18H14ClFN4O. The molecule has 0 aliphatic carbocycles. The monoisotopic (exact) mass is 356 g/mol. The van der Waals surface area contributed by atoms with E-state index >= 15 is 0 Å². The largest absolute Gasteiger partial charge is 0.339 e. The van der Waals surface area contributed by atoms with E-state index in [0.717, 1.165) is 11.3 Å². The predicted octanol–water partition coefficient (Wildman–Crippen LogP) is 4.57. The fourth-order valence-corrected chi connectivity index (χ4v) is 2.38. The van der Waals surface area contributed by atoms with Gasteiger partial charge in [0, 0.05) is 16.4 Å². The van der Waals surface area contributed by atoms with Crippen molar-refractivity contribution in [3.8, 4) is 0 Å². The molecule has 3 aromatic rings. The Morgan fingerprint density at radius 2 is 1.80 bits per heavy atom. The molecule has 0 unspecified atom stereocenters. The van der Waals surface area contributed by atoms with Crippen molar-refractivity contribution in [3.05, 3.63) is 76.7 Å². The van der Waals surface area contributed by atoms with E-state index in [-0.39, 0.29) is 11.5 Å². The molecule has 1 aromatic heterocycles. The summed E-state index contributed by atoms with van der Waals surface area (Å²) in [5.74, 6) is -0.289. The van der Waals surface area contributed by atoms with Gasteiger partial charge in [0.2, 0.25) is 0 Å². The Morgan fingerprint density at radius 3 is 2.44 bits per heavy atom. The van der Waals surface area contributed by atoms with Gasteiger partial charge in [0.25, 0.3) is 5.91 Å². The van der Waals surface area contributed by atoms with E-state index < -0.39 is 5.91 Å². The number of anilines is 3. The number of aromatic nitrogens is 2. The molecule has 126 valence electrons. The molecule has 0 radical (unpaired) electrons. The van der Waals surface area contributed by atoms with E-state index in [1.54, 1.807) is 18.2 Å². The van der Waals surface area contributed by atoms with Crippen LogP contribution in [0, 0.1) is 12.7 Å². The number of amides is 1. The molecule has 0 atom stereocenters. The van der Waals surface area contributed by atoms with Crippen LogP contribution in [-0.4, -0.2) is 16.1 Å². The highest BCUT2D eigenvalue weighted by molar-refractivity contribution is 6.30. The second-order valence-corrected chi connectivity index (χ2v) is 5.79. The Labute approximate surface area is 148 Å². The summed E-state index contributed by atoms with van der Waals surface area (Å²) in [6.45, 7) is 1.92. The van der Waals surface area contributed by atoms with Crippen LogP contribution in [0.2, 0.25) is 5.02 Å². The van der Waals surface area contributed by atoms with Crippen LogP contribution in [0.25, 0.3) is 0 Å². The Bertz CT molecular complexity index is 898. The van der Waals surface area contributed by atoms with Gasteiger partial charge in [-0.1, -0.05) is 11.6 Å². The zero-order chi connectivity index (χ0) is 17.8. The minimum absolute atomic E-state index is 0.155. The molecule has 3 rings (SSSR count). The summed E-state index contributed by atoms with van der Waals surface area (Å²) >= 11 is 5.93. The van der Waals surface area contributed by atoms with Gasteiger partial charge in [-0.05, 0) is 67.1 Å². The first-order valence-electron chi connectivity index (χ1n) is 7.45. The van der Waals surface area contributed by atoms with E-state index in [1.165, 1.54) is 24.3 Å². The van der Waals surface area contributed by atoms with Crippen LogP contribution in [0.15, 0.2) is 54.6 Å². The number of carbonyl (C=O) groups excluding carboxylic acids is 1. The second-order valence-electron chi connectivity index (χ2n) is 5.35. The first-order chi connectivity index (χ1) is 12.0. The quantitative estimate of drug-likeness (QED) is 0.718. The Hall–Kier alpha value is -2.99. The lowest BCUT2D eigenvalue weighted by Gasteiger charge is -2.09.